The summed E-state index contributed by atoms with van der Waals surface area (Å²) in [6.45, 7) is 1.50. The Bertz CT molecular complexity index is 516. The van der Waals surface area contributed by atoms with Crippen molar-refractivity contribution in [1.29, 1.82) is 0 Å². The summed E-state index contributed by atoms with van der Waals surface area (Å²) in [5.41, 5.74) is 2.22. The Hall–Kier alpha value is -1.59. The lowest BCUT2D eigenvalue weighted by atomic mass is 10.2. The Morgan fingerprint density at radius 2 is 1.89 bits per heavy atom. The highest BCUT2D eigenvalue weighted by Crippen LogP contribution is 2.16. The van der Waals surface area contributed by atoms with Gasteiger partial charge in [0.05, 0.1) is 7.11 Å². The number of aromatic nitrogens is 2. The second-order valence-electron chi connectivity index (χ2n) is 3.99. The lowest BCUT2D eigenvalue weighted by Gasteiger charge is -2.09. The van der Waals surface area contributed by atoms with Crippen LogP contribution < -0.4 is 10.1 Å². The minimum atomic E-state index is 0.743. The van der Waals surface area contributed by atoms with Crippen molar-refractivity contribution in [2.45, 2.75) is 18.2 Å². The number of hydrogen-bond acceptors (Lipinski definition) is 5. The molecule has 0 atom stereocenters. The minimum Gasteiger partial charge on any atom is -0.496 e. The van der Waals surface area contributed by atoms with Gasteiger partial charge in [0.1, 0.15) is 5.75 Å². The van der Waals surface area contributed by atoms with Crippen LogP contribution in [0.4, 0.5) is 0 Å². The lowest BCUT2D eigenvalue weighted by molar-refractivity contribution is 0.407. The van der Waals surface area contributed by atoms with E-state index in [2.05, 4.69) is 21.4 Å². The molecule has 0 unspecified atom stereocenters. The molecule has 0 spiro atoms. The molecule has 0 amide bonds. The molecule has 1 heterocycles. The maximum Gasteiger partial charge on any atom is 0.187 e. The first-order chi connectivity index (χ1) is 9.33. The summed E-state index contributed by atoms with van der Waals surface area (Å²) >= 11 is 1.54. The first-order valence-corrected chi connectivity index (χ1v) is 7.23. The molecule has 1 aromatic carbocycles. The second-order valence-corrected chi connectivity index (χ2v) is 4.77. The van der Waals surface area contributed by atoms with Gasteiger partial charge >= 0.3 is 0 Å². The number of benzene rings is 1. The number of nitrogens with one attached hydrogen (secondary N) is 1. The Morgan fingerprint density at radius 3 is 2.58 bits per heavy atom. The van der Waals surface area contributed by atoms with Gasteiger partial charge in [-0.15, -0.1) is 0 Å². The van der Waals surface area contributed by atoms with E-state index in [4.69, 9.17) is 4.74 Å². The quantitative estimate of drug-likeness (QED) is 0.648. The molecule has 100 valence electrons. The Labute approximate surface area is 117 Å². The van der Waals surface area contributed by atoms with Crippen molar-refractivity contribution in [2.75, 3.05) is 13.4 Å². The molecule has 0 fully saturated rings. The van der Waals surface area contributed by atoms with E-state index < -0.39 is 0 Å². The number of nitrogens with zero attached hydrogens (tertiary/aromatic N) is 2. The van der Waals surface area contributed by atoms with Crippen LogP contribution in [0.2, 0.25) is 0 Å². The average Bonchev–Trinajstić information content (AvgIpc) is 2.48. The third kappa shape index (κ3) is 3.94. The molecule has 5 heteroatoms. The molecule has 0 aliphatic carbocycles. The SMILES string of the molecule is COc1ccccc1CNCc1cnc(SC)nc1. The summed E-state index contributed by atoms with van der Waals surface area (Å²) in [6, 6.07) is 8.00. The molecule has 0 bridgehead atoms. The van der Waals surface area contributed by atoms with Gasteiger partial charge in [-0.05, 0) is 12.3 Å². The Balaban J connectivity index is 1.88. The molecule has 0 aliphatic rings. The van der Waals surface area contributed by atoms with Gasteiger partial charge in [-0.25, -0.2) is 9.97 Å². The molecule has 4 nitrogen and oxygen atoms in total. The third-order valence-corrected chi connectivity index (χ3v) is 3.28. The fourth-order valence-electron chi connectivity index (χ4n) is 1.73. The smallest absolute Gasteiger partial charge is 0.187 e. The molecule has 0 aliphatic heterocycles. The van der Waals surface area contributed by atoms with E-state index >= 15 is 0 Å². The predicted molar refractivity (Wildman–Crippen MR) is 77.4 cm³/mol. The van der Waals surface area contributed by atoms with Crippen LogP contribution >= 0.6 is 11.8 Å². The number of para-hydroxylation sites is 1. The van der Waals surface area contributed by atoms with Crippen LogP contribution in [0.25, 0.3) is 0 Å². The molecule has 0 radical (unpaired) electrons. The van der Waals surface area contributed by atoms with Gasteiger partial charge in [-0.1, -0.05) is 30.0 Å². The summed E-state index contributed by atoms with van der Waals surface area (Å²) < 4.78 is 5.31. The predicted octanol–water partition coefficient (Wildman–Crippen LogP) is 2.50. The van der Waals surface area contributed by atoms with Gasteiger partial charge in [0, 0.05) is 36.6 Å². The zero-order valence-electron chi connectivity index (χ0n) is 11.1. The molecule has 2 rings (SSSR count). The van der Waals surface area contributed by atoms with Crippen LogP contribution in [0.1, 0.15) is 11.1 Å². The highest BCUT2D eigenvalue weighted by Gasteiger charge is 2.01. The van der Waals surface area contributed by atoms with Crippen molar-refractivity contribution in [3.63, 3.8) is 0 Å². The largest absolute Gasteiger partial charge is 0.496 e. The van der Waals surface area contributed by atoms with Crippen molar-refractivity contribution in [1.82, 2.24) is 15.3 Å². The van der Waals surface area contributed by atoms with Gasteiger partial charge in [-0.3, -0.25) is 0 Å². The number of methoxy groups -OCH3 is 1. The summed E-state index contributed by atoms with van der Waals surface area (Å²) in [5, 5.41) is 4.16. The van der Waals surface area contributed by atoms with E-state index in [1.807, 2.05) is 36.8 Å². The molecule has 1 N–H and O–H groups in total. The highest BCUT2D eigenvalue weighted by molar-refractivity contribution is 7.98. The number of thioether (sulfide) groups is 1. The maximum atomic E-state index is 5.31. The zero-order valence-corrected chi connectivity index (χ0v) is 11.9. The minimum absolute atomic E-state index is 0.743. The summed E-state index contributed by atoms with van der Waals surface area (Å²) in [5.74, 6) is 0.906. The summed E-state index contributed by atoms with van der Waals surface area (Å²) in [4.78, 5) is 8.49. The highest BCUT2D eigenvalue weighted by atomic mass is 32.2. The molecular formula is C14H17N3OS. The van der Waals surface area contributed by atoms with Crippen LogP contribution in [0.3, 0.4) is 0 Å². The Morgan fingerprint density at radius 1 is 1.16 bits per heavy atom. The van der Waals surface area contributed by atoms with E-state index in [0.29, 0.717) is 0 Å². The van der Waals surface area contributed by atoms with Gasteiger partial charge in [0.2, 0.25) is 0 Å². The normalized spacial score (nSPS) is 10.4. The van der Waals surface area contributed by atoms with E-state index in [0.717, 1.165) is 35.1 Å². The second kappa shape index (κ2) is 7.11. The number of ether oxygens (including phenoxy) is 1. The van der Waals surface area contributed by atoms with Crippen LogP contribution in [0, 0.1) is 0 Å². The standard InChI is InChI=1S/C14H17N3OS/c1-18-13-6-4-3-5-12(13)10-15-7-11-8-16-14(19-2)17-9-11/h3-6,8-9,15H,7,10H2,1-2H3. The summed E-state index contributed by atoms with van der Waals surface area (Å²) in [7, 11) is 1.69. The van der Waals surface area contributed by atoms with Gasteiger partial charge in [0.25, 0.3) is 0 Å². The van der Waals surface area contributed by atoms with E-state index in [1.165, 1.54) is 0 Å². The molecule has 0 saturated carbocycles. The molecule has 19 heavy (non-hydrogen) atoms. The van der Waals surface area contributed by atoms with Crippen molar-refractivity contribution >= 4 is 11.8 Å². The van der Waals surface area contributed by atoms with Crippen molar-refractivity contribution in [3.8, 4) is 5.75 Å². The number of hydrogen-bond donors (Lipinski definition) is 1. The fourth-order valence-corrected chi connectivity index (χ4v) is 2.05. The van der Waals surface area contributed by atoms with Crippen LogP contribution in [0.5, 0.6) is 5.75 Å². The number of rotatable bonds is 6. The van der Waals surface area contributed by atoms with Crippen molar-refractivity contribution in [3.05, 3.63) is 47.8 Å². The average molecular weight is 275 g/mol. The van der Waals surface area contributed by atoms with Gasteiger partial charge in [-0.2, -0.15) is 0 Å². The van der Waals surface area contributed by atoms with Crippen LogP contribution in [-0.2, 0) is 13.1 Å². The maximum absolute atomic E-state index is 5.31. The van der Waals surface area contributed by atoms with E-state index in [-0.39, 0.29) is 0 Å². The molecule has 1 aromatic heterocycles. The Kier molecular flexibility index (Phi) is 5.18. The first-order valence-electron chi connectivity index (χ1n) is 6.01. The summed E-state index contributed by atoms with van der Waals surface area (Å²) in [6.07, 6.45) is 5.68. The fraction of sp³-hybridized carbons (Fsp3) is 0.286. The van der Waals surface area contributed by atoms with Crippen LogP contribution in [0.15, 0.2) is 41.8 Å². The van der Waals surface area contributed by atoms with E-state index in [9.17, 15) is 0 Å². The van der Waals surface area contributed by atoms with Crippen molar-refractivity contribution in [2.24, 2.45) is 0 Å². The topological polar surface area (TPSA) is 47.0 Å². The molecule has 0 saturated heterocycles. The van der Waals surface area contributed by atoms with Crippen molar-refractivity contribution < 1.29 is 4.74 Å². The monoisotopic (exact) mass is 275 g/mol. The lowest BCUT2D eigenvalue weighted by Crippen LogP contribution is -2.13. The molecular weight excluding hydrogens is 258 g/mol. The van der Waals surface area contributed by atoms with E-state index in [1.54, 1.807) is 18.9 Å². The third-order valence-electron chi connectivity index (χ3n) is 2.70. The van der Waals surface area contributed by atoms with Gasteiger partial charge < -0.3 is 10.1 Å². The zero-order chi connectivity index (χ0) is 13.5. The first kappa shape index (κ1) is 13.8. The van der Waals surface area contributed by atoms with Crippen LogP contribution in [-0.4, -0.2) is 23.3 Å². The van der Waals surface area contributed by atoms with Gasteiger partial charge in [0.15, 0.2) is 5.16 Å². The molecule has 2 aromatic rings.